The molecular formula is C15H16N2O3. The number of para-hydroxylation sites is 1. The molecule has 2 unspecified atom stereocenters. The van der Waals surface area contributed by atoms with Gasteiger partial charge < -0.3 is 15.3 Å². The maximum absolute atomic E-state index is 12.0. The standard InChI is InChI=1S/C15H16N2O3/c1-3-8-16-14(18)10(2)17-9-12(15(19)20)11-6-4-5-7-13(11)17/h1,4-7,10,12H,8-9H2,2H3,(H,16,18)(H,19,20). The quantitative estimate of drug-likeness (QED) is 0.796. The minimum absolute atomic E-state index is 0.168. The summed E-state index contributed by atoms with van der Waals surface area (Å²) >= 11 is 0. The van der Waals surface area contributed by atoms with Crippen molar-refractivity contribution in [2.75, 3.05) is 18.0 Å². The summed E-state index contributed by atoms with van der Waals surface area (Å²) in [6.45, 7) is 2.20. The number of amides is 1. The molecule has 5 nitrogen and oxygen atoms in total. The van der Waals surface area contributed by atoms with Gasteiger partial charge in [-0.25, -0.2) is 0 Å². The molecule has 20 heavy (non-hydrogen) atoms. The molecule has 1 aliphatic heterocycles. The number of anilines is 1. The van der Waals surface area contributed by atoms with Crippen LogP contribution in [0.15, 0.2) is 24.3 Å². The van der Waals surface area contributed by atoms with Crippen LogP contribution in [0.2, 0.25) is 0 Å². The number of carboxylic acids is 1. The summed E-state index contributed by atoms with van der Waals surface area (Å²) < 4.78 is 0. The van der Waals surface area contributed by atoms with Gasteiger partial charge in [0.15, 0.2) is 0 Å². The smallest absolute Gasteiger partial charge is 0.312 e. The van der Waals surface area contributed by atoms with Crippen molar-refractivity contribution < 1.29 is 14.7 Å². The zero-order chi connectivity index (χ0) is 14.7. The zero-order valence-electron chi connectivity index (χ0n) is 11.2. The molecule has 0 saturated heterocycles. The topological polar surface area (TPSA) is 69.6 Å². The third kappa shape index (κ3) is 2.45. The van der Waals surface area contributed by atoms with Crippen molar-refractivity contribution in [3.8, 4) is 12.3 Å². The van der Waals surface area contributed by atoms with E-state index in [9.17, 15) is 14.7 Å². The van der Waals surface area contributed by atoms with Crippen molar-refractivity contribution >= 4 is 17.6 Å². The SMILES string of the molecule is C#CCNC(=O)C(C)N1CC(C(=O)O)c2ccccc21. The maximum Gasteiger partial charge on any atom is 0.312 e. The molecule has 0 spiro atoms. The van der Waals surface area contributed by atoms with Gasteiger partial charge in [-0.3, -0.25) is 9.59 Å². The Morgan fingerprint density at radius 1 is 1.55 bits per heavy atom. The monoisotopic (exact) mass is 272 g/mol. The van der Waals surface area contributed by atoms with Crippen molar-refractivity contribution in [3.63, 3.8) is 0 Å². The molecule has 0 aliphatic carbocycles. The zero-order valence-corrected chi connectivity index (χ0v) is 11.2. The lowest BCUT2D eigenvalue weighted by Gasteiger charge is -2.26. The van der Waals surface area contributed by atoms with Crippen molar-refractivity contribution in [1.29, 1.82) is 0 Å². The highest BCUT2D eigenvalue weighted by Crippen LogP contribution is 2.37. The number of nitrogens with one attached hydrogen (secondary N) is 1. The Morgan fingerprint density at radius 2 is 2.25 bits per heavy atom. The third-order valence-corrected chi connectivity index (χ3v) is 3.51. The number of benzene rings is 1. The Labute approximate surface area is 117 Å². The van der Waals surface area contributed by atoms with E-state index in [4.69, 9.17) is 6.42 Å². The van der Waals surface area contributed by atoms with E-state index in [1.807, 2.05) is 12.1 Å². The highest BCUT2D eigenvalue weighted by Gasteiger charge is 2.37. The summed E-state index contributed by atoms with van der Waals surface area (Å²) in [5.74, 6) is 0.660. The van der Waals surface area contributed by atoms with Gasteiger partial charge in [-0.1, -0.05) is 24.1 Å². The van der Waals surface area contributed by atoms with Gasteiger partial charge in [0, 0.05) is 12.2 Å². The summed E-state index contributed by atoms with van der Waals surface area (Å²) in [5, 5.41) is 11.9. The molecule has 0 saturated carbocycles. The number of fused-ring (bicyclic) bond motifs is 1. The van der Waals surface area contributed by atoms with E-state index in [1.54, 1.807) is 24.0 Å². The Balaban J connectivity index is 2.24. The number of aliphatic carboxylic acids is 1. The fourth-order valence-corrected chi connectivity index (χ4v) is 2.44. The predicted molar refractivity (Wildman–Crippen MR) is 75.5 cm³/mol. The molecule has 2 N–H and O–H groups in total. The van der Waals surface area contributed by atoms with E-state index in [0.717, 1.165) is 11.3 Å². The molecule has 0 fully saturated rings. The van der Waals surface area contributed by atoms with E-state index in [1.165, 1.54) is 0 Å². The van der Waals surface area contributed by atoms with Crippen molar-refractivity contribution in [2.24, 2.45) is 0 Å². The number of hydrogen-bond acceptors (Lipinski definition) is 3. The fourth-order valence-electron chi connectivity index (χ4n) is 2.44. The van der Waals surface area contributed by atoms with Gasteiger partial charge in [-0.05, 0) is 18.6 Å². The van der Waals surface area contributed by atoms with E-state index in [2.05, 4.69) is 11.2 Å². The van der Waals surface area contributed by atoms with E-state index in [-0.39, 0.29) is 12.5 Å². The molecule has 104 valence electrons. The molecule has 2 atom stereocenters. The van der Waals surface area contributed by atoms with E-state index >= 15 is 0 Å². The van der Waals surface area contributed by atoms with Gasteiger partial charge in [0.2, 0.25) is 5.91 Å². The molecule has 1 aliphatic rings. The van der Waals surface area contributed by atoms with Crippen molar-refractivity contribution in [3.05, 3.63) is 29.8 Å². The van der Waals surface area contributed by atoms with Gasteiger partial charge in [0.1, 0.15) is 12.0 Å². The summed E-state index contributed by atoms with van der Waals surface area (Å²) in [4.78, 5) is 25.1. The summed E-state index contributed by atoms with van der Waals surface area (Å²) in [7, 11) is 0. The van der Waals surface area contributed by atoms with Gasteiger partial charge >= 0.3 is 5.97 Å². The first kappa shape index (κ1) is 13.9. The number of hydrogen-bond donors (Lipinski definition) is 2. The first-order valence-electron chi connectivity index (χ1n) is 6.35. The number of rotatable bonds is 4. The second-order valence-corrected chi connectivity index (χ2v) is 4.70. The van der Waals surface area contributed by atoms with Crippen LogP contribution >= 0.6 is 0 Å². The second-order valence-electron chi connectivity index (χ2n) is 4.70. The van der Waals surface area contributed by atoms with Crippen LogP contribution in [-0.2, 0) is 9.59 Å². The van der Waals surface area contributed by atoms with Gasteiger partial charge in [0.05, 0.1) is 6.54 Å². The second kappa shape index (κ2) is 5.66. The van der Waals surface area contributed by atoms with Gasteiger partial charge in [-0.15, -0.1) is 6.42 Å². The number of carboxylic acid groups (broad SMARTS) is 1. The Morgan fingerprint density at radius 3 is 2.90 bits per heavy atom. The van der Waals surface area contributed by atoms with Crippen LogP contribution in [-0.4, -0.2) is 36.1 Å². The van der Waals surface area contributed by atoms with E-state index < -0.39 is 17.9 Å². The van der Waals surface area contributed by atoms with Crippen LogP contribution in [0.5, 0.6) is 0 Å². The molecule has 1 aromatic carbocycles. The highest BCUT2D eigenvalue weighted by molar-refractivity contribution is 5.89. The molecule has 1 heterocycles. The number of terminal acetylenes is 1. The molecule has 1 aromatic rings. The average Bonchev–Trinajstić information content (AvgIpc) is 2.83. The lowest BCUT2D eigenvalue weighted by atomic mass is 10.0. The first-order valence-corrected chi connectivity index (χ1v) is 6.35. The maximum atomic E-state index is 12.0. The number of nitrogens with zero attached hydrogens (tertiary/aromatic N) is 1. The molecule has 1 amide bonds. The lowest BCUT2D eigenvalue weighted by Crippen LogP contribution is -2.45. The largest absolute Gasteiger partial charge is 0.481 e. The lowest BCUT2D eigenvalue weighted by molar-refractivity contribution is -0.138. The Kier molecular flexibility index (Phi) is 3.94. The summed E-state index contributed by atoms with van der Waals surface area (Å²) in [6, 6.07) is 6.81. The number of carbonyl (C=O) groups excluding carboxylic acids is 1. The van der Waals surface area contributed by atoms with Crippen LogP contribution in [0.3, 0.4) is 0 Å². The molecule has 2 rings (SSSR count). The first-order chi connectivity index (χ1) is 9.56. The summed E-state index contributed by atoms with van der Waals surface area (Å²) in [5.41, 5.74) is 1.54. The molecule has 0 radical (unpaired) electrons. The van der Waals surface area contributed by atoms with Crippen molar-refractivity contribution in [1.82, 2.24) is 5.32 Å². The summed E-state index contributed by atoms with van der Waals surface area (Å²) in [6.07, 6.45) is 5.11. The normalized spacial score (nSPS) is 18.0. The van der Waals surface area contributed by atoms with Crippen LogP contribution in [0.25, 0.3) is 0 Å². The fraction of sp³-hybridized carbons (Fsp3) is 0.333. The van der Waals surface area contributed by atoms with Crippen LogP contribution < -0.4 is 10.2 Å². The Hall–Kier alpha value is -2.48. The van der Waals surface area contributed by atoms with Crippen LogP contribution in [0.1, 0.15) is 18.4 Å². The predicted octanol–water partition coefficient (Wildman–Crippen LogP) is 0.813. The van der Waals surface area contributed by atoms with Gasteiger partial charge in [0.25, 0.3) is 0 Å². The molecule has 0 aromatic heterocycles. The van der Waals surface area contributed by atoms with Gasteiger partial charge in [-0.2, -0.15) is 0 Å². The molecule has 5 heteroatoms. The molecule has 0 bridgehead atoms. The minimum Gasteiger partial charge on any atom is -0.481 e. The highest BCUT2D eigenvalue weighted by atomic mass is 16.4. The van der Waals surface area contributed by atoms with Crippen molar-refractivity contribution in [2.45, 2.75) is 18.9 Å². The average molecular weight is 272 g/mol. The Bertz CT molecular complexity index is 577. The molecular weight excluding hydrogens is 256 g/mol. The third-order valence-electron chi connectivity index (χ3n) is 3.51. The minimum atomic E-state index is -0.879. The van der Waals surface area contributed by atoms with Crippen LogP contribution in [0, 0.1) is 12.3 Å². The van der Waals surface area contributed by atoms with Crippen LogP contribution in [0.4, 0.5) is 5.69 Å². The number of carbonyl (C=O) groups is 2. The van der Waals surface area contributed by atoms with E-state index in [0.29, 0.717) is 6.54 Å².